The molecule has 1 aliphatic heterocycles. The third-order valence-electron chi connectivity index (χ3n) is 4.87. The Bertz CT molecular complexity index is 764. The molecular formula is C19H26N2O3S. The highest BCUT2D eigenvalue weighted by Crippen LogP contribution is 2.19. The average Bonchev–Trinajstić information content (AvgIpc) is 3.09. The van der Waals surface area contributed by atoms with E-state index in [0.717, 1.165) is 49.4 Å². The fraction of sp³-hybridized carbons (Fsp3) is 0.474. The monoisotopic (exact) mass is 362 g/mol. The van der Waals surface area contributed by atoms with E-state index in [-0.39, 0.29) is 5.75 Å². The topological polar surface area (TPSA) is 62.6 Å². The van der Waals surface area contributed by atoms with E-state index in [1.54, 1.807) is 6.26 Å². The second kappa shape index (κ2) is 8.17. The van der Waals surface area contributed by atoms with Gasteiger partial charge in [-0.25, -0.2) is 13.1 Å². The van der Waals surface area contributed by atoms with Crippen molar-refractivity contribution in [3.8, 4) is 0 Å². The minimum Gasteiger partial charge on any atom is -0.468 e. The lowest BCUT2D eigenvalue weighted by molar-refractivity contribution is 0.168. The van der Waals surface area contributed by atoms with Crippen molar-refractivity contribution in [2.45, 2.75) is 32.1 Å². The summed E-state index contributed by atoms with van der Waals surface area (Å²) in [6.45, 7) is 5.26. The largest absolute Gasteiger partial charge is 0.468 e. The van der Waals surface area contributed by atoms with Crippen LogP contribution in [0.3, 0.4) is 0 Å². The number of piperidine rings is 1. The number of rotatable bonds is 7. The van der Waals surface area contributed by atoms with Gasteiger partial charge in [0, 0.05) is 6.54 Å². The molecule has 1 saturated heterocycles. The van der Waals surface area contributed by atoms with Gasteiger partial charge in [-0.15, -0.1) is 0 Å². The van der Waals surface area contributed by atoms with Crippen molar-refractivity contribution in [3.05, 3.63) is 59.5 Å². The molecule has 0 aliphatic carbocycles. The second-order valence-corrected chi connectivity index (χ2v) is 8.64. The molecule has 1 aromatic carbocycles. The van der Waals surface area contributed by atoms with Crippen molar-refractivity contribution < 1.29 is 12.8 Å². The van der Waals surface area contributed by atoms with Gasteiger partial charge in [-0.05, 0) is 62.0 Å². The van der Waals surface area contributed by atoms with E-state index < -0.39 is 10.0 Å². The SMILES string of the molecule is Cc1ccccc1CS(=O)(=O)NCC1CCN(Cc2ccco2)CC1. The Hall–Kier alpha value is -1.63. The third kappa shape index (κ3) is 5.42. The molecular weight excluding hydrogens is 336 g/mol. The molecule has 0 radical (unpaired) electrons. The zero-order valence-electron chi connectivity index (χ0n) is 14.6. The molecule has 1 aliphatic rings. The predicted octanol–water partition coefficient (Wildman–Crippen LogP) is 2.92. The summed E-state index contributed by atoms with van der Waals surface area (Å²) in [5.41, 5.74) is 1.88. The molecule has 0 unspecified atom stereocenters. The zero-order valence-corrected chi connectivity index (χ0v) is 15.5. The van der Waals surface area contributed by atoms with Crippen LogP contribution in [0.15, 0.2) is 47.1 Å². The maximum atomic E-state index is 12.3. The minimum atomic E-state index is -3.29. The van der Waals surface area contributed by atoms with Gasteiger partial charge in [0.25, 0.3) is 0 Å². The van der Waals surface area contributed by atoms with Crippen molar-refractivity contribution >= 4 is 10.0 Å². The van der Waals surface area contributed by atoms with E-state index in [2.05, 4.69) is 9.62 Å². The summed E-state index contributed by atoms with van der Waals surface area (Å²) in [6.07, 6.45) is 3.71. The summed E-state index contributed by atoms with van der Waals surface area (Å²) in [4.78, 5) is 2.36. The van der Waals surface area contributed by atoms with Gasteiger partial charge in [0.2, 0.25) is 10.0 Å². The number of nitrogens with one attached hydrogen (secondary N) is 1. The molecule has 136 valence electrons. The van der Waals surface area contributed by atoms with Crippen molar-refractivity contribution in [1.82, 2.24) is 9.62 Å². The van der Waals surface area contributed by atoms with Gasteiger partial charge in [-0.1, -0.05) is 24.3 Å². The standard InChI is InChI=1S/C19H26N2O3S/c1-16-5-2-3-6-18(16)15-25(22,23)20-13-17-8-10-21(11-9-17)14-19-7-4-12-24-19/h2-7,12,17,20H,8-11,13-15H2,1H3. The number of nitrogens with zero attached hydrogens (tertiary/aromatic N) is 1. The molecule has 1 fully saturated rings. The van der Waals surface area contributed by atoms with Crippen LogP contribution in [0.25, 0.3) is 0 Å². The molecule has 0 bridgehead atoms. The van der Waals surface area contributed by atoms with Crippen LogP contribution in [0.5, 0.6) is 0 Å². The van der Waals surface area contributed by atoms with E-state index in [1.807, 2.05) is 43.3 Å². The summed E-state index contributed by atoms with van der Waals surface area (Å²) >= 11 is 0. The van der Waals surface area contributed by atoms with Crippen LogP contribution in [-0.4, -0.2) is 33.0 Å². The maximum Gasteiger partial charge on any atom is 0.215 e. The van der Waals surface area contributed by atoms with Gasteiger partial charge in [-0.3, -0.25) is 4.90 Å². The number of benzene rings is 1. The Morgan fingerprint density at radius 1 is 1.16 bits per heavy atom. The third-order valence-corrected chi connectivity index (χ3v) is 6.16. The molecule has 0 atom stereocenters. The molecule has 3 rings (SSSR count). The molecule has 0 spiro atoms. The zero-order chi connectivity index (χ0) is 17.7. The van der Waals surface area contributed by atoms with E-state index in [1.165, 1.54) is 0 Å². The van der Waals surface area contributed by atoms with E-state index in [9.17, 15) is 8.42 Å². The quantitative estimate of drug-likeness (QED) is 0.823. The highest BCUT2D eigenvalue weighted by atomic mass is 32.2. The first kappa shape index (κ1) is 18.2. The van der Waals surface area contributed by atoms with Crippen LogP contribution in [-0.2, 0) is 22.3 Å². The average molecular weight is 362 g/mol. The minimum absolute atomic E-state index is 0.0526. The van der Waals surface area contributed by atoms with Crippen LogP contribution in [0, 0.1) is 12.8 Å². The number of hydrogen-bond donors (Lipinski definition) is 1. The highest BCUT2D eigenvalue weighted by molar-refractivity contribution is 7.88. The summed E-state index contributed by atoms with van der Waals surface area (Å²) in [5, 5.41) is 0. The van der Waals surface area contributed by atoms with Crippen molar-refractivity contribution in [2.75, 3.05) is 19.6 Å². The van der Waals surface area contributed by atoms with Gasteiger partial charge >= 0.3 is 0 Å². The lowest BCUT2D eigenvalue weighted by atomic mass is 9.97. The molecule has 2 aromatic rings. The fourth-order valence-corrected chi connectivity index (χ4v) is 4.57. The first-order valence-corrected chi connectivity index (χ1v) is 10.4. The Morgan fingerprint density at radius 3 is 2.60 bits per heavy atom. The first-order valence-electron chi connectivity index (χ1n) is 8.78. The lowest BCUT2D eigenvalue weighted by Crippen LogP contribution is -2.38. The Labute approximate surface area is 150 Å². The van der Waals surface area contributed by atoms with Crippen LogP contribution in [0.1, 0.15) is 29.7 Å². The Kier molecular flexibility index (Phi) is 5.93. The van der Waals surface area contributed by atoms with Crippen molar-refractivity contribution in [1.29, 1.82) is 0 Å². The molecule has 2 heterocycles. The van der Waals surface area contributed by atoms with E-state index >= 15 is 0 Å². The smallest absolute Gasteiger partial charge is 0.215 e. The Balaban J connectivity index is 1.44. The van der Waals surface area contributed by atoms with Crippen LogP contribution >= 0.6 is 0 Å². The van der Waals surface area contributed by atoms with Gasteiger partial charge in [0.05, 0.1) is 18.6 Å². The van der Waals surface area contributed by atoms with Gasteiger partial charge in [-0.2, -0.15) is 0 Å². The molecule has 25 heavy (non-hydrogen) atoms. The van der Waals surface area contributed by atoms with Crippen molar-refractivity contribution in [2.24, 2.45) is 5.92 Å². The fourth-order valence-electron chi connectivity index (χ4n) is 3.24. The Morgan fingerprint density at radius 2 is 1.92 bits per heavy atom. The second-order valence-electron chi connectivity index (χ2n) is 6.83. The van der Waals surface area contributed by atoms with Crippen molar-refractivity contribution in [3.63, 3.8) is 0 Å². The van der Waals surface area contributed by atoms with Crippen LogP contribution in [0.2, 0.25) is 0 Å². The van der Waals surface area contributed by atoms with E-state index in [0.29, 0.717) is 12.5 Å². The van der Waals surface area contributed by atoms with Crippen LogP contribution < -0.4 is 4.72 Å². The van der Waals surface area contributed by atoms with Crippen LogP contribution in [0.4, 0.5) is 0 Å². The van der Waals surface area contributed by atoms with Gasteiger partial charge < -0.3 is 4.42 Å². The summed E-state index contributed by atoms with van der Waals surface area (Å²) in [7, 11) is -3.29. The lowest BCUT2D eigenvalue weighted by Gasteiger charge is -2.31. The van der Waals surface area contributed by atoms with Gasteiger partial charge in [0.1, 0.15) is 5.76 Å². The number of likely N-dealkylation sites (tertiary alicyclic amines) is 1. The van der Waals surface area contributed by atoms with E-state index in [4.69, 9.17) is 4.42 Å². The van der Waals surface area contributed by atoms with Gasteiger partial charge in [0.15, 0.2) is 0 Å². The number of furan rings is 1. The predicted molar refractivity (Wildman–Crippen MR) is 98.5 cm³/mol. The number of sulfonamides is 1. The summed E-state index contributed by atoms with van der Waals surface area (Å²) < 4.78 is 32.9. The molecule has 0 amide bonds. The first-order chi connectivity index (χ1) is 12.0. The highest BCUT2D eigenvalue weighted by Gasteiger charge is 2.22. The molecule has 1 N–H and O–H groups in total. The maximum absolute atomic E-state index is 12.3. The number of hydrogen-bond acceptors (Lipinski definition) is 4. The summed E-state index contributed by atoms with van der Waals surface area (Å²) in [5.74, 6) is 1.44. The molecule has 6 heteroatoms. The normalized spacial score (nSPS) is 17.0. The summed E-state index contributed by atoms with van der Waals surface area (Å²) in [6, 6.07) is 11.5. The molecule has 5 nitrogen and oxygen atoms in total. The number of aryl methyl sites for hydroxylation is 1. The molecule has 0 saturated carbocycles. The molecule has 1 aromatic heterocycles.